The van der Waals surface area contributed by atoms with E-state index in [0.29, 0.717) is 19.0 Å². The van der Waals surface area contributed by atoms with Crippen molar-refractivity contribution in [2.24, 2.45) is 5.92 Å². The highest BCUT2D eigenvalue weighted by Crippen LogP contribution is 2.29. The molecule has 86 valence electrons. The van der Waals surface area contributed by atoms with Gasteiger partial charge in [-0.15, -0.1) is 0 Å². The average Bonchev–Trinajstić information content (AvgIpc) is 2.60. The predicted molar refractivity (Wildman–Crippen MR) is 55.2 cm³/mol. The van der Waals surface area contributed by atoms with Crippen LogP contribution >= 0.6 is 0 Å². The van der Waals surface area contributed by atoms with Crippen LogP contribution in [0.1, 0.15) is 20.3 Å². The summed E-state index contributed by atoms with van der Waals surface area (Å²) < 4.78 is 15.5. The number of rotatable bonds is 4. The Kier molecular flexibility index (Phi) is 4.62. The van der Waals surface area contributed by atoms with Crippen molar-refractivity contribution in [3.05, 3.63) is 11.8 Å². The largest absolute Gasteiger partial charge is 0.495 e. The number of hydrogen-bond acceptors (Lipinski definition) is 4. The number of carbonyl (C=O) groups excluding carboxylic acids is 1. The summed E-state index contributed by atoms with van der Waals surface area (Å²) in [7, 11) is 1.66. The summed E-state index contributed by atoms with van der Waals surface area (Å²) in [5.41, 5.74) is 0. The minimum absolute atomic E-state index is 0.0516. The third-order valence-corrected chi connectivity index (χ3v) is 2.52. The molecule has 1 aliphatic heterocycles. The van der Waals surface area contributed by atoms with Gasteiger partial charge in [0.15, 0.2) is 0 Å². The molecule has 2 atom stereocenters. The maximum atomic E-state index is 11.2. The van der Waals surface area contributed by atoms with Gasteiger partial charge in [-0.25, -0.2) is 4.79 Å². The van der Waals surface area contributed by atoms with E-state index in [0.717, 1.165) is 6.42 Å². The highest BCUT2D eigenvalue weighted by atomic mass is 16.5. The van der Waals surface area contributed by atoms with Crippen LogP contribution in [0.3, 0.4) is 0 Å². The minimum Gasteiger partial charge on any atom is -0.495 e. The first-order valence-electron chi connectivity index (χ1n) is 5.26. The molecule has 15 heavy (non-hydrogen) atoms. The van der Waals surface area contributed by atoms with Crippen LogP contribution < -0.4 is 0 Å². The van der Waals surface area contributed by atoms with Crippen molar-refractivity contribution in [2.75, 3.05) is 20.3 Å². The molecule has 1 aliphatic rings. The van der Waals surface area contributed by atoms with Gasteiger partial charge in [0, 0.05) is 13.0 Å². The zero-order valence-corrected chi connectivity index (χ0v) is 9.49. The van der Waals surface area contributed by atoms with Crippen molar-refractivity contribution >= 4 is 5.97 Å². The van der Waals surface area contributed by atoms with Crippen molar-refractivity contribution in [1.29, 1.82) is 0 Å². The Hall–Kier alpha value is -1.03. The quantitative estimate of drug-likeness (QED) is 0.525. The van der Waals surface area contributed by atoms with Crippen LogP contribution in [0.25, 0.3) is 0 Å². The van der Waals surface area contributed by atoms with Gasteiger partial charge in [-0.2, -0.15) is 0 Å². The first-order chi connectivity index (χ1) is 7.22. The second kappa shape index (κ2) is 5.75. The van der Waals surface area contributed by atoms with Crippen LogP contribution in [-0.4, -0.2) is 32.4 Å². The zero-order valence-electron chi connectivity index (χ0n) is 9.49. The van der Waals surface area contributed by atoms with E-state index in [1.165, 1.54) is 6.08 Å². The Morgan fingerprint density at radius 3 is 2.87 bits per heavy atom. The van der Waals surface area contributed by atoms with E-state index < -0.39 is 0 Å². The molecule has 1 heterocycles. The molecule has 0 spiro atoms. The van der Waals surface area contributed by atoms with E-state index in [4.69, 9.17) is 14.2 Å². The summed E-state index contributed by atoms with van der Waals surface area (Å²) in [6.07, 6.45) is 2.37. The number of carbonyl (C=O) groups is 1. The second-order valence-electron chi connectivity index (χ2n) is 3.40. The lowest BCUT2D eigenvalue weighted by Crippen LogP contribution is -2.19. The molecule has 1 saturated heterocycles. The van der Waals surface area contributed by atoms with Gasteiger partial charge in [-0.05, 0) is 13.3 Å². The fraction of sp³-hybridized carbons (Fsp3) is 0.727. The first-order valence-corrected chi connectivity index (χ1v) is 5.26. The summed E-state index contributed by atoms with van der Waals surface area (Å²) >= 11 is 0. The molecule has 0 N–H and O–H groups in total. The molecule has 0 aromatic heterocycles. The van der Waals surface area contributed by atoms with Crippen LogP contribution in [-0.2, 0) is 19.0 Å². The van der Waals surface area contributed by atoms with Gasteiger partial charge >= 0.3 is 5.97 Å². The summed E-state index contributed by atoms with van der Waals surface area (Å²) in [6, 6.07) is 0. The fourth-order valence-electron chi connectivity index (χ4n) is 1.73. The second-order valence-corrected chi connectivity index (χ2v) is 3.40. The van der Waals surface area contributed by atoms with Crippen LogP contribution in [0.2, 0.25) is 0 Å². The molecular weight excluding hydrogens is 196 g/mol. The van der Waals surface area contributed by atoms with Gasteiger partial charge in [0.1, 0.15) is 18.5 Å². The van der Waals surface area contributed by atoms with Crippen molar-refractivity contribution in [2.45, 2.75) is 26.4 Å². The Bertz CT molecular complexity index is 247. The Morgan fingerprint density at radius 2 is 2.33 bits per heavy atom. The molecule has 0 aromatic carbocycles. The smallest absolute Gasteiger partial charge is 0.334 e. The van der Waals surface area contributed by atoms with E-state index >= 15 is 0 Å². The predicted octanol–water partition coefficient (Wildman–Crippen LogP) is 1.50. The van der Waals surface area contributed by atoms with Crippen molar-refractivity contribution in [3.63, 3.8) is 0 Å². The minimum atomic E-state index is -0.345. The molecule has 1 rings (SSSR count). The monoisotopic (exact) mass is 214 g/mol. The summed E-state index contributed by atoms with van der Waals surface area (Å²) in [4.78, 5) is 11.2. The molecule has 0 unspecified atom stereocenters. The normalized spacial score (nSPS) is 27.8. The van der Waals surface area contributed by atoms with Crippen LogP contribution in [0, 0.1) is 5.92 Å². The van der Waals surface area contributed by atoms with Crippen molar-refractivity contribution in [1.82, 2.24) is 0 Å². The maximum absolute atomic E-state index is 11.2. The third-order valence-electron chi connectivity index (χ3n) is 2.52. The Morgan fingerprint density at radius 1 is 1.60 bits per heavy atom. The lowest BCUT2D eigenvalue weighted by molar-refractivity contribution is -0.137. The fourth-order valence-corrected chi connectivity index (χ4v) is 1.73. The van der Waals surface area contributed by atoms with E-state index in [-0.39, 0.29) is 18.0 Å². The molecule has 0 amide bonds. The highest BCUT2D eigenvalue weighted by molar-refractivity contribution is 5.82. The van der Waals surface area contributed by atoms with Crippen LogP contribution in [0.4, 0.5) is 0 Å². The lowest BCUT2D eigenvalue weighted by Gasteiger charge is -2.12. The molecule has 1 fully saturated rings. The SMILES string of the molecule is CCOC(=O)/C=C1/OC[C@@H](OC)[C@@H]1CC. The van der Waals surface area contributed by atoms with Gasteiger partial charge in [-0.1, -0.05) is 6.92 Å². The van der Waals surface area contributed by atoms with E-state index in [9.17, 15) is 4.79 Å². The molecule has 0 radical (unpaired) electrons. The standard InChI is InChI=1S/C11H18O4/c1-4-8-9(6-11(12)14-5-2)15-7-10(8)13-3/h6,8,10H,4-5,7H2,1-3H3/b9-6+/t8-,10-/m1/s1. The molecular formula is C11H18O4. The van der Waals surface area contributed by atoms with Gasteiger partial charge < -0.3 is 14.2 Å². The molecule has 0 bridgehead atoms. The van der Waals surface area contributed by atoms with Gasteiger partial charge in [0.25, 0.3) is 0 Å². The van der Waals surface area contributed by atoms with E-state index in [1.807, 2.05) is 6.92 Å². The highest BCUT2D eigenvalue weighted by Gasteiger charge is 2.32. The summed E-state index contributed by atoms with van der Waals surface area (Å²) in [6.45, 7) is 4.72. The molecule has 0 aliphatic carbocycles. The van der Waals surface area contributed by atoms with Gasteiger partial charge in [-0.3, -0.25) is 0 Å². The van der Waals surface area contributed by atoms with Crippen molar-refractivity contribution in [3.8, 4) is 0 Å². The van der Waals surface area contributed by atoms with Crippen molar-refractivity contribution < 1.29 is 19.0 Å². The Balaban J connectivity index is 2.65. The zero-order chi connectivity index (χ0) is 11.3. The summed E-state index contributed by atoms with van der Waals surface area (Å²) in [5, 5.41) is 0. The Labute approximate surface area is 90.2 Å². The van der Waals surface area contributed by atoms with Gasteiger partial charge in [0.2, 0.25) is 0 Å². The number of esters is 1. The van der Waals surface area contributed by atoms with Crippen LogP contribution in [0.5, 0.6) is 0 Å². The topological polar surface area (TPSA) is 44.8 Å². The lowest BCUT2D eigenvalue weighted by atomic mass is 10.00. The molecule has 4 heteroatoms. The van der Waals surface area contributed by atoms with E-state index in [1.54, 1.807) is 14.0 Å². The molecule has 0 aromatic rings. The first kappa shape index (κ1) is 12.0. The number of ether oxygens (including phenoxy) is 3. The number of hydrogen-bond donors (Lipinski definition) is 0. The average molecular weight is 214 g/mol. The van der Waals surface area contributed by atoms with Gasteiger partial charge in [0.05, 0.1) is 12.7 Å². The summed E-state index contributed by atoms with van der Waals surface area (Å²) in [5.74, 6) is 0.505. The number of methoxy groups -OCH3 is 1. The maximum Gasteiger partial charge on any atom is 0.334 e. The molecule has 4 nitrogen and oxygen atoms in total. The van der Waals surface area contributed by atoms with Crippen LogP contribution in [0.15, 0.2) is 11.8 Å². The van der Waals surface area contributed by atoms with E-state index in [2.05, 4.69) is 0 Å². The molecule has 0 saturated carbocycles. The third kappa shape index (κ3) is 2.96.